The quantitative estimate of drug-likeness (QED) is 0.843. The van der Waals surface area contributed by atoms with Gasteiger partial charge in [-0.2, -0.15) is 0 Å². The molecule has 2 atom stereocenters. The normalized spacial score (nSPS) is 27.4. The number of fused-ring (bicyclic) bond motifs is 2. The number of rotatable bonds is 2. The number of nitrogens with zero attached hydrogens (tertiary/aromatic N) is 3. The molecule has 4 rings (SSSR count). The zero-order valence-electron chi connectivity index (χ0n) is 14.2. The Balaban J connectivity index is 1.51. The van der Waals surface area contributed by atoms with Crippen molar-refractivity contribution in [2.45, 2.75) is 51.0 Å². The Hall–Kier alpha value is -2.26. The summed E-state index contributed by atoms with van der Waals surface area (Å²) in [5.41, 5.74) is 1.10. The second-order valence-corrected chi connectivity index (χ2v) is 8.20. The van der Waals surface area contributed by atoms with E-state index in [0.717, 1.165) is 43.5 Å². The lowest BCUT2D eigenvalue weighted by Crippen LogP contribution is -2.49. The van der Waals surface area contributed by atoms with Crippen LogP contribution >= 0.6 is 11.3 Å². The first-order valence-corrected chi connectivity index (χ1v) is 9.50. The fraction of sp³-hybridized carbons (Fsp3) is 0.474. The number of hydrogen-bond donors (Lipinski definition) is 1. The number of hydrogen-bond acceptors (Lipinski definition) is 5. The topological polar surface area (TPSA) is 67.8 Å². The van der Waals surface area contributed by atoms with Crippen molar-refractivity contribution in [3.8, 4) is 11.8 Å². The van der Waals surface area contributed by atoms with E-state index in [-0.39, 0.29) is 16.9 Å². The number of aromatic nitrogens is 3. The minimum atomic E-state index is -0.135. The van der Waals surface area contributed by atoms with Gasteiger partial charge in [0.1, 0.15) is 11.4 Å². The van der Waals surface area contributed by atoms with E-state index in [1.165, 1.54) is 11.3 Å². The predicted octanol–water partition coefficient (Wildman–Crippen LogP) is 3.12. The van der Waals surface area contributed by atoms with E-state index in [1.807, 2.05) is 12.3 Å². The molecule has 2 aliphatic rings. The maximum Gasteiger partial charge on any atom is 0.271 e. The molecule has 0 aliphatic heterocycles. The first-order chi connectivity index (χ1) is 12.1. The Morgan fingerprint density at radius 2 is 2.20 bits per heavy atom. The van der Waals surface area contributed by atoms with Crippen molar-refractivity contribution in [1.29, 1.82) is 0 Å². The van der Waals surface area contributed by atoms with Crippen molar-refractivity contribution in [2.24, 2.45) is 5.41 Å². The molecular weight excluding hydrogens is 332 g/mol. The molecule has 6 heteroatoms. The summed E-state index contributed by atoms with van der Waals surface area (Å²) in [6, 6.07) is 0. The molecule has 2 saturated carbocycles. The Bertz CT molecular complexity index is 853. The number of nitrogens with one attached hydrogen (secondary N) is 1. The van der Waals surface area contributed by atoms with Gasteiger partial charge in [0.25, 0.3) is 5.91 Å². The average molecular weight is 352 g/mol. The van der Waals surface area contributed by atoms with Gasteiger partial charge in [0.2, 0.25) is 0 Å². The maximum atomic E-state index is 12.6. The van der Waals surface area contributed by atoms with Crippen LogP contribution in [0.2, 0.25) is 0 Å². The van der Waals surface area contributed by atoms with E-state index in [2.05, 4.69) is 32.1 Å². The number of carbonyl (C=O) groups is 1. The Kier molecular flexibility index (Phi) is 4.04. The van der Waals surface area contributed by atoms with E-state index >= 15 is 0 Å². The number of aryl methyl sites for hydroxylation is 1. The third-order valence-corrected chi connectivity index (χ3v) is 6.09. The highest BCUT2D eigenvalue weighted by molar-refractivity contribution is 7.09. The van der Waals surface area contributed by atoms with Crippen LogP contribution in [0.25, 0.3) is 0 Å². The zero-order chi connectivity index (χ0) is 17.3. The summed E-state index contributed by atoms with van der Waals surface area (Å²) in [5.74, 6) is 6.61. The molecule has 1 N–H and O–H groups in total. The summed E-state index contributed by atoms with van der Waals surface area (Å²) in [6.45, 7) is 1.92. The molecule has 0 aromatic carbocycles. The number of carbonyl (C=O) groups excluding carboxylic acids is 1. The van der Waals surface area contributed by atoms with Crippen molar-refractivity contribution >= 4 is 17.2 Å². The van der Waals surface area contributed by atoms with Crippen LogP contribution < -0.4 is 5.32 Å². The van der Waals surface area contributed by atoms with Crippen LogP contribution in [-0.2, 0) is 0 Å². The molecule has 2 fully saturated rings. The standard InChI is InChI=1S/C19H20N4OS/c1-14-22-16(12-25-14)17(24)23-19-5-2-4-18(13-19,7-8-19)6-3-15-11-20-9-10-21-15/h9-12H,2,4-5,7-8,13H2,1H3,(H,23,24)/t18-,19+/m1/s1. The van der Waals surface area contributed by atoms with E-state index in [4.69, 9.17) is 0 Å². The van der Waals surface area contributed by atoms with E-state index < -0.39 is 0 Å². The third kappa shape index (κ3) is 3.29. The van der Waals surface area contributed by atoms with Crippen molar-refractivity contribution in [2.75, 3.05) is 0 Å². The van der Waals surface area contributed by atoms with Crippen molar-refractivity contribution < 1.29 is 4.79 Å². The Morgan fingerprint density at radius 1 is 1.28 bits per heavy atom. The van der Waals surface area contributed by atoms with E-state index in [0.29, 0.717) is 11.4 Å². The van der Waals surface area contributed by atoms with Crippen molar-refractivity contribution in [1.82, 2.24) is 20.3 Å². The highest BCUT2D eigenvalue weighted by atomic mass is 32.1. The van der Waals surface area contributed by atoms with Crippen LogP contribution in [-0.4, -0.2) is 26.4 Å². The molecule has 0 radical (unpaired) electrons. The Morgan fingerprint density at radius 3 is 2.96 bits per heavy atom. The van der Waals surface area contributed by atoms with Crippen molar-refractivity contribution in [3.05, 3.63) is 40.4 Å². The average Bonchev–Trinajstić information content (AvgIpc) is 3.16. The van der Waals surface area contributed by atoms with Crippen LogP contribution in [0.15, 0.2) is 24.0 Å². The molecule has 2 aromatic heterocycles. The summed E-state index contributed by atoms with van der Waals surface area (Å²) >= 11 is 1.51. The van der Waals surface area contributed by atoms with Crippen LogP contribution in [0.1, 0.15) is 59.7 Å². The number of amides is 1. The van der Waals surface area contributed by atoms with Crippen LogP contribution in [0.4, 0.5) is 0 Å². The molecule has 2 heterocycles. The summed E-state index contributed by atoms with van der Waals surface area (Å²) in [6.07, 6.45) is 11.1. The monoisotopic (exact) mass is 352 g/mol. The first-order valence-electron chi connectivity index (χ1n) is 8.62. The predicted molar refractivity (Wildman–Crippen MR) is 96.1 cm³/mol. The molecule has 128 valence electrons. The van der Waals surface area contributed by atoms with Gasteiger partial charge in [-0.05, 0) is 51.4 Å². The molecule has 2 aromatic rings. The highest BCUT2D eigenvalue weighted by Crippen LogP contribution is 2.53. The Labute approximate surface area is 151 Å². The maximum absolute atomic E-state index is 12.6. The molecule has 25 heavy (non-hydrogen) atoms. The van der Waals surface area contributed by atoms with Gasteiger partial charge in [0.15, 0.2) is 0 Å². The minimum absolute atomic E-state index is 0.0129. The molecule has 0 saturated heterocycles. The first kappa shape index (κ1) is 16.2. The van der Waals surface area contributed by atoms with Gasteiger partial charge in [0.05, 0.1) is 11.2 Å². The zero-order valence-corrected chi connectivity index (χ0v) is 15.0. The molecule has 0 spiro atoms. The van der Waals surface area contributed by atoms with Gasteiger partial charge >= 0.3 is 0 Å². The molecule has 1 amide bonds. The van der Waals surface area contributed by atoms with E-state index in [9.17, 15) is 4.79 Å². The molecule has 2 bridgehead atoms. The lowest BCUT2D eigenvalue weighted by Gasteiger charge is -2.37. The van der Waals surface area contributed by atoms with Crippen molar-refractivity contribution in [3.63, 3.8) is 0 Å². The lowest BCUT2D eigenvalue weighted by atomic mass is 9.73. The van der Waals surface area contributed by atoms with Gasteiger partial charge in [-0.15, -0.1) is 11.3 Å². The minimum Gasteiger partial charge on any atom is -0.345 e. The van der Waals surface area contributed by atoms with Gasteiger partial charge in [0, 0.05) is 28.7 Å². The van der Waals surface area contributed by atoms with E-state index in [1.54, 1.807) is 18.6 Å². The lowest BCUT2D eigenvalue weighted by molar-refractivity contribution is 0.0867. The fourth-order valence-electron chi connectivity index (χ4n) is 4.17. The smallest absolute Gasteiger partial charge is 0.271 e. The second-order valence-electron chi connectivity index (χ2n) is 7.14. The van der Waals surface area contributed by atoms with Crippen LogP contribution in [0, 0.1) is 24.2 Å². The molecule has 0 unspecified atom stereocenters. The van der Waals surface area contributed by atoms with Crippen LogP contribution in [0.5, 0.6) is 0 Å². The SMILES string of the molecule is Cc1nc(C(=O)N[C@@]23CCC[C@@](C#Cc4cnccn4)(CC2)C3)cs1. The van der Waals surface area contributed by atoms with Gasteiger partial charge in [-0.3, -0.25) is 9.78 Å². The summed E-state index contributed by atoms with van der Waals surface area (Å²) < 4.78 is 0. The van der Waals surface area contributed by atoms with Crippen LogP contribution in [0.3, 0.4) is 0 Å². The van der Waals surface area contributed by atoms with Gasteiger partial charge < -0.3 is 5.32 Å². The molecule has 2 aliphatic carbocycles. The second kappa shape index (κ2) is 6.23. The van der Waals surface area contributed by atoms with Gasteiger partial charge in [-0.1, -0.05) is 5.92 Å². The fourth-order valence-corrected chi connectivity index (χ4v) is 4.76. The summed E-state index contributed by atoms with van der Waals surface area (Å²) in [4.78, 5) is 25.2. The summed E-state index contributed by atoms with van der Waals surface area (Å²) in [7, 11) is 0. The molecule has 5 nitrogen and oxygen atoms in total. The highest BCUT2D eigenvalue weighted by Gasteiger charge is 2.51. The summed E-state index contributed by atoms with van der Waals surface area (Å²) in [5, 5.41) is 6.04. The van der Waals surface area contributed by atoms with Gasteiger partial charge in [-0.25, -0.2) is 9.97 Å². The molecular formula is C19H20N4OS. The largest absolute Gasteiger partial charge is 0.345 e. The third-order valence-electron chi connectivity index (χ3n) is 5.32. The number of thiazole rings is 1.